The summed E-state index contributed by atoms with van der Waals surface area (Å²) in [5, 5.41) is 3.17. The van der Waals surface area contributed by atoms with E-state index in [1.807, 2.05) is 19.2 Å². The van der Waals surface area contributed by atoms with Gasteiger partial charge in [-0.15, -0.1) is 0 Å². The van der Waals surface area contributed by atoms with Crippen LogP contribution in [-0.4, -0.2) is 13.1 Å². The Kier molecular flexibility index (Phi) is 3.90. The minimum atomic E-state index is -0.162. The van der Waals surface area contributed by atoms with Gasteiger partial charge in [0.25, 0.3) is 0 Å². The van der Waals surface area contributed by atoms with E-state index in [-0.39, 0.29) is 5.82 Å². The predicted molar refractivity (Wildman–Crippen MR) is 53.2 cm³/mol. The van der Waals surface area contributed by atoms with Crippen molar-refractivity contribution in [1.29, 1.82) is 0 Å². The fraction of sp³-hybridized carbons (Fsp3) is 0.455. The Morgan fingerprint density at radius 3 is 2.46 bits per heavy atom. The molecule has 0 heterocycles. The van der Waals surface area contributed by atoms with Crippen molar-refractivity contribution in [2.75, 3.05) is 7.05 Å². The van der Waals surface area contributed by atoms with Gasteiger partial charge in [-0.1, -0.05) is 12.1 Å². The van der Waals surface area contributed by atoms with Crippen LogP contribution >= 0.6 is 0 Å². The minimum absolute atomic E-state index is 0.162. The van der Waals surface area contributed by atoms with Crippen molar-refractivity contribution in [3.05, 3.63) is 35.6 Å². The predicted octanol–water partition coefficient (Wildman–Crippen LogP) is 2.37. The van der Waals surface area contributed by atoms with Crippen molar-refractivity contribution < 1.29 is 4.39 Å². The molecular weight excluding hydrogens is 165 g/mol. The van der Waals surface area contributed by atoms with Crippen LogP contribution in [0.25, 0.3) is 0 Å². The fourth-order valence-corrected chi connectivity index (χ4v) is 1.18. The second kappa shape index (κ2) is 4.97. The number of rotatable bonds is 4. The van der Waals surface area contributed by atoms with Crippen LogP contribution in [0.2, 0.25) is 0 Å². The van der Waals surface area contributed by atoms with Gasteiger partial charge in [0.05, 0.1) is 0 Å². The van der Waals surface area contributed by atoms with Gasteiger partial charge in [-0.2, -0.15) is 0 Å². The van der Waals surface area contributed by atoms with E-state index in [0.29, 0.717) is 6.04 Å². The standard InChI is InChI=1S/C11H16FN/c1-9(13-2)3-4-10-5-7-11(12)8-6-10/h5-9,13H,3-4H2,1-2H3/t9-/m0/s1. The van der Waals surface area contributed by atoms with Crippen LogP contribution in [0, 0.1) is 5.82 Å². The molecule has 0 saturated heterocycles. The lowest BCUT2D eigenvalue weighted by atomic mass is 10.1. The highest BCUT2D eigenvalue weighted by Gasteiger charge is 1.99. The average molecular weight is 181 g/mol. The molecule has 1 atom stereocenters. The third kappa shape index (κ3) is 3.55. The van der Waals surface area contributed by atoms with Gasteiger partial charge >= 0.3 is 0 Å². The molecule has 1 aromatic rings. The van der Waals surface area contributed by atoms with Gasteiger partial charge < -0.3 is 5.32 Å². The average Bonchev–Trinajstić information content (AvgIpc) is 2.16. The van der Waals surface area contributed by atoms with Gasteiger partial charge in [0.2, 0.25) is 0 Å². The molecule has 1 rings (SSSR count). The molecule has 0 aliphatic heterocycles. The third-order valence-electron chi connectivity index (χ3n) is 2.27. The lowest BCUT2D eigenvalue weighted by Crippen LogP contribution is -2.21. The molecule has 2 heteroatoms. The summed E-state index contributed by atoms with van der Waals surface area (Å²) in [6.45, 7) is 2.14. The van der Waals surface area contributed by atoms with Crippen LogP contribution in [0.5, 0.6) is 0 Å². The molecule has 0 unspecified atom stereocenters. The SMILES string of the molecule is CN[C@@H](C)CCc1ccc(F)cc1. The topological polar surface area (TPSA) is 12.0 Å². The molecule has 1 nitrogen and oxygen atoms in total. The molecule has 0 aliphatic carbocycles. The highest BCUT2D eigenvalue weighted by molar-refractivity contribution is 5.16. The molecule has 0 saturated carbocycles. The largest absolute Gasteiger partial charge is 0.317 e. The summed E-state index contributed by atoms with van der Waals surface area (Å²) in [5.41, 5.74) is 1.20. The second-order valence-corrected chi connectivity index (χ2v) is 3.35. The zero-order valence-corrected chi connectivity index (χ0v) is 8.18. The first-order valence-corrected chi connectivity index (χ1v) is 4.64. The molecule has 0 spiro atoms. The first kappa shape index (κ1) is 10.2. The van der Waals surface area contributed by atoms with E-state index in [4.69, 9.17) is 0 Å². The summed E-state index contributed by atoms with van der Waals surface area (Å²) >= 11 is 0. The normalized spacial score (nSPS) is 12.8. The minimum Gasteiger partial charge on any atom is -0.317 e. The first-order chi connectivity index (χ1) is 6.22. The third-order valence-corrected chi connectivity index (χ3v) is 2.27. The zero-order valence-electron chi connectivity index (χ0n) is 8.18. The number of hydrogen-bond donors (Lipinski definition) is 1. The van der Waals surface area contributed by atoms with E-state index in [2.05, 4.69) is 12.2 Å². The Labute approximate surface area is 79.0 Å². The Morgan fingerprint density at radius 2 is 1.92 bits per heavy atom. The summed E-state index contributed by atoms with van der Waals surface area (Å²) in [7, 11) is 1.95. The molecule has 1 N–H and O–H groups in total. The summed E-state index contributed by atoms with van der Waals surface area (Å²) in [5.74, 6) is -0.162. The fourth-order valence-electron chi connectivity index (χ4n) is 1.18. The maximum Gasteiger partial charge on any atom is 0.123 e. The van der Waals surface area contributed by atoms with E-state index >= 15 is 0 Å². The number of nitrogens with one attached hydrogen (secondary N) is 1. The Morgan fingerprint density at radius 1 is 1.31 bits per heavy atom. The smallest absolute Gasteiger partial charge is 0.123 e. The van der Waals surface area contributed by atoms with Crippen molar-refractivity contribution >= 4 is 0 Å². The van der Waals surface area contributed by atoms with Gasteiger partial charge in [-0.3, -0.25) is 0 Å². The van der Waals surface area contributed by atoms with Crippen LogP contribution in [0.1, 0.15) is 18.9 Å². The van der Waals surface area contributed by atoms with E-state index in [9.17, 15) is 4.39 Å². The van der Waals surface area contributed by atoms with Gasteiger partial charge in [-0.25, -0.2) is 4.39 Å². The van der Waals surface area contributed by atoms with E-state index < -0.39 is 0 Å². The maximum absolute atomic E-state index is 12.5. The van der Waals surface area contributed by atoms with Crippen molar-refractivity contribution in [2.24, 2.45) is 0 Å². The van der Waals surface area contributed by atoms with Crippen LogP contribution in [-0.2, 0) is 6.42 Å². The number of aryl methyl sites for hydroxylation is 1. The molecule has 13 heavy (non-hydrogen) atoms. The number of halogens is 1. The summed E-state index contributed by atoms with van der Waals surface area (Å²) < 4.78 is 12.5. The van der Waals surface area contributed by atoms with E-state index in [1.54, 1.807) is 0 Å². The molecule has 0 amide bonds. The first-order valence-electron chi connectivity index (χ1n) is 4.64. The van der Waals surface area contributed by atoms with Crippen LogP contribution < -0.4 is 5.32 Å². The number of benzene rings is 1. The lowest BCUT2D eigenvalue weighted by molar-refractivity contribution is 0.564. The van der Waals surface area contributed by atoms with Crippen molar-refractivity contribution in [1.82, 2.24) is 5.32 Å². The van der Waals surface area contributed by atoms with Gasteiger partial charge in [0.15, 0.2) is 0 Å². The van der Waals surface area contributed by atoms with Crippen molar-refractivity contribution in [2.45, 2.75) is 25.8 Å². The lowest BCUT2D eigenvalue weighted by Gasteiger charge is -2.09. The summed E-state index contributed by atoms with van der Waals surface area (Å²) in [6, 6.07) is 7.24. The molecule has 0 radical (unpaired) electrons. The summed E-state index contributed by atoms with van der Waals surface area (Å²) in [4.78, 5) is 0. The molecular formula is C11H16FN. The monoisotopic (exact) mass is 181 g/mol. The molecule has 1 aromatic carbocycles. The molecule has 0 aromatic heterocycles. The van der Waals surface area contributed by atoms with Gasteiger partial charge in [0.1, 0.15) is 5.82 Å². The maximum atomic E-state index is 12.5. The van der Waals surface area contributed by atoms with Gasteiger partial charge in [-0.05, 0) is 44.5 Å². The quantitative estimate of drug-likeness (QED) is 0.752. The van der Waals surface area contributed by atoms with E-state index in [1.165, 1.54) is 17.7 Å². The van der Waals surface area contributed by atoms with Crippen molar-refractivity contribution in [3.8, 4) is 0 Å². The van der Waals surface area contributed by atoms with Crippen LogP contribution in [0.15, 0.2) is 24.3 Å². The molecule has 0 bridgehead atoms. The van der Waals surface area contributed by atoms with E-state index in [0.717, 1.165) is 12.8 Å². The molecule has 0 fully saturated rings. The molecule has 72 valence electrons. The Hall–Kier alpha value is -0.890. The van der Waals surface area contributed by atoms with Gasteiger partial charge in [0, 0.05) is 6.04 Å². The Bertz CT molecular complexity index is 243. The van der Waals surface area contributed by atoms with Crippen molar-refractivity contribution in [3.63, 3.8) is 0 Å². The van der Waals surface area contributed by atoms with Crippen LogP contribution in [0.3, 0.4) is 0 Å². The zero-order chi connectivity index (χ0) is 9.68. The number of hydrogen-bond acceptors (Lipinski definition) is 1. The summed E-state index contributed by atoms with van der Waals surface area (Å²) in [6.07, 6.45) is 2.09. The highest BCUT2D eigenvalue weighted by Crippen LogP contribution is 2.06. The van der Waals surface area contributed by atoms with Crippen LogP contribution in [0.4, 0.5) is 4.39 Å². The highest BCUT2D eigenvalue weighted by atomic mass is 19.1. The second-order valence-electron chi connectivity index (χ2n) is 3.35. The Balaban J connectivity index is 2.41. The molecule has 0 aliphatic rings.